The van der Waals surface area contributed by atoms with Crippen LogP contribution in [0.4, 0.5) is 0 Å². The van der Waals surface area contributed by atoms with Gasteiger partial charge in [0.15, 0.2) is 0 Å². The van der Waals surface area contributed by atoms with Gasteiger partial charge in [-0.2, -0.15) is 0 Å². The minimum Gasteiger partial charge on any atom is -0.377 e. The van der Waals surface area contributed by atoms with Crippen LogP contribution in [-0.2, 0) is 11.3 Å². The first-order chi connectivity index (χ1) is 6.33. The first-order valence-electron chi connectivity index (χ1n) is 4.65. The van der Waals surface area contributed by atoms with Crippen LogP contribution in [-0.4, -0.2) is 6.61 Å². The Morgan fingerprint density at radius 1 is 1.23 bits per heavy atom. The Hall–Kier alpha value is -0.340. The van der Waals surface area contributed by atoms with Gasteiger partial charge in [-0.1, -0.05) is 41.4 Å². The Morgan fingerprint density at radius 3 is 2.54 bits per heavy atom. The number of unbranched alkanes of at least 4 members (excludes halogenated alkanes) is 1. The van der Waals surface area contributed by atoms with Gasteiger partial charge in [0.05, 0.1) is 6.61 Å². The summed E-state index contributed by atoms with van der Waals surface area (Å²) < 4.78 is 6.60. The lowest BCUT2D eigenvalue weighted by atomic mass is 10.2. The van der Waals surface area contributed by atoms with Crippen LogP contribution in [0.5, 0.6) is 0 Å². The van der Waals surface area contributed by atoms with Gasteiger partial charge in [-0.05, 0) is 24.1 Å². The summed E-state index contributed by atoms with van der Waals surface area (Å²) in [5, 5.41) is 0. The molecule has 0 N–H and O–H groups in total. The predicted octanol–water partition coefficient (Wildman–Crippen LogP) is 3.77. The van der Waals surface area contributed by atoms with Crippen molar-refractivity contribution in [1.82, 2.24) is 0 Å². The van der Waals surface area contributed by atoms with Gasteiger partial charge in [0.1, 0.15) is 0 Å². The van der Waals surface area contributed by atoms with Crippen molar-refractivity contribution in [2.75, 3.05) is 6.61 Å². The molecule has 2 heteroatoms. The zero-order chi connectivity index (χ0) is 9.52. The molecule has 0 fully saturated rings. The van der Waals surface area contributed by atoms with E-state index in [-0.39, 0.29) is 0 Å². The van der Waals surface area contributed by atoms with E-state index in [9.17, 15) is 0 Å². The maximum Gasteiger partial charge on any atom is 0.0716 e. The highest BCUT2D eigenvalue weighted by Gasteiger charge is 1.92. The zero-order valence-electron chi connectivity index (χ0n) is 7.92. The zero-order valence-corrected chi connectivity index (χ0v) is 9.51. The monoisotopic (exact) mass is 242 g/mol. The Balaban J connectivity index is 2.25. The van der Waals surface area contributed by atoms with E-state index in [0.29, 0.717) is 0 Å². The number of hydrogen-bond donors (Lipinski definition) is 0. The van der Waals surface area contributed by atoms with E-state index in [0.717, 1.165) is 24.1 Å². The lowest BCUT2D eigenvalue weighted by molar-refractivity contribution is 0.118. The summed E-state index contributed by atoms with van der Waals surface area (Å²) in [5.41, 5.74) is 1.24. The van der Waals surface area contributed by atoms with Crippen LogP contribution < -0.4 is 0 Å². The van der Waals surface area contributed by atoms with Crippen molar-refractivity contribution in [3.8, 4) is 0 Å². The molecule has 1 rings (SSSR count). The van der Waals surface area contributed by atoms with Crippen LogP contribution in [0.2, 0.25) is 0 Å². The molecule has 0 aliphatic carbocycles. The summed E-state index contributed by atoms with van der Waals surface area (Å²) in [6.45, 7) is 3.77. The SMILES string of the molecule is CCCCOCc1ccc(Br)cc1. The molecule has 0 aliphatic rings. The van der Waals surface area contributed by atoms with E-state index in [2.05, 4.69) is 35.0 Å². The normalized spacial score (nSPS) is 10.3. The van der Waals surface area contributed by atoms with Crippen LogP contribution in [0.1, 0.15) is 25.3 Å². The topological polar surface area (TPSA) is 9.23 Å². The smallest absolute Gasteiger partial charge is 0.0716 e. The van der Waals surface area contributed by atoms with Crippen LogP contribution in [0.15, 0.2) is 28.7 Å². The van der Waals surface area contributed by atoms with E-state index in [4.69, 9.17) is 4.74 Å². The van der Waals surface area contributed by atoms with Gasteiger partial charge in [0, 0.05) is 11.1 Å². The van der Waals surface area contributed by atoms with E-state index in [1.54, 1.807) is 0 Å². The summed E-state index contributed by atoms with van der Waals surface area (Å²) in [6.07, 6.45) is 2.34. The van der Waals surface area contributed by atoms with E-state index < -0.39 is 0 Å². The molecule has 0 aromatic heterocycles. The van der Waals surface area contributed by atoms with Crippen molar-refractivity contribution in [2.24, 2.45) is 0 Å². The number of hydrogen-bond acceptors (Lipinski definition) is 1. The molecule has 0 heterocycles. The van der Waals surface area contributed by atoms with E-state index >= 15 is 0 Å². The molecule has 1 aromatic carbocycles. The molecule has 13 heavy (non-hydrogen) atoms. The lowest BCUT2D eigenvalue weighted by Crippen LogP contribution is -1.94. The lowest BCUT2D eigenvalue weighted by Gasteiger charge is -2.03. The Kier molecular flexibility index (Phi) is 5.09. The molecular weight excluding hydrogens is 228 g/mol. The highest BCUT2D eigenvalue weighted by atomic mass is 79.9. The second-order valence-electron chi connectivity index (χ2n) is 3.03. The summed E-state index contributed by atoms with van der Waals surface area (Å²) in [5.74, 6) is 0. The van der Waals surface area contributed by atoms with Gasteiger partial charge in [-0.3, -0.25) is 0 Å². The van der Waals surface area contributed by atoms with E-state index in [1.807, 2.05) is 12.1 Å². The molecule has 72 valence electrons. The Labute approximate surface area is 88.2 Å². The number of rotatable bonds is 5. The van der Waals surface area contributed by atoms with Crippen LogP contribution in [0.25, 0.3) is 0 Å². The summed E-state index contributed by atoms with van der Waals surface area (Å²) in [7, 11) is 0. The second kappa shape index (κ2) is 6.17. The fourth-order valence-electron chi connectivity index (χ4n) is 1.02. The average Bonchev–Trinajstić information content (AvgIpc) is 2.15. The first-order valence-corrected chi connectivity index (χ1v) is 5.44. The van der Waals surface area contributed by atoms with Gasteiger partial charge in [0.2, 0.25) is 0 Å². The van der Waals surface area contributed by atoms with Crippen molar-refractivity contribution in [2.45, 2.75) is 26.4 Å². The van der Waals surface area contributed by atoms with Crippen molar-refractivity contribution in [3.63, 3.8) is 0 Å². The quantitative estimate of drug-likeness (QED) is 0.715. The molecule has 1 nitrogen and oxygen atoms in total. The van der Waals surface area contributed by atoms with Gasteiger partial charge in [0.25, 0.3) is 0 Å². The first kappa shape index (κ1) is 10.7. The minimum absolute atomic E-state index is 0.729. The third-order valence-corrected chi connectivity index (χ3v) is 2.35. The van der Waals surface area contributed by atoms with Gasteiger partial charge in [-0.15, -0.1) is 0 Å². The second-order valence-corrected chi connectivity index (χ2v) is 3.95. The van der Waals surface area contributed by atoms with Crippen molar-refractivity contribution in [1.29, 1.82) is 0 Å². The predicted molar refractivity (Wildman–Crippen MR) is 58.7 cm³/mol. The number of ether oxygens (including phenoxy) is 1. The summed E-state index contributed by atoms with van der Waals surface area (Å²) in [4.78, 5) is 0. The van der Waals surface area contributed by atoms with Gasteiger partial charge in [-0.25, -0.2) is 0 Å². The van der Waals surface area contributed by atoms with Gasteiger partial charge < -0.3 is 4.74 Å². The van der Waals surface area contributed by atoms with Crippen LogP contribution in [0.3, 0.4) is 0 Å². The molecule has 0 aliphatic heterocycles. The summed E-state index contributed by atoms with van der Waals surface area (Å²) in [6, 6.07) is 8.24. The maximum atomic E-state index is 5.48. The van der Waals surface area contributed by atoms with Crippen molar-refractivity contribution >= 4 is 15.9 Å². The molecule has 0 amide bonds. The van der Waals surface area contributed by atoms with Crippen LogP contribution >= 0.6 is 15.9 Å². The average molecular weight is 243 g/mol. The highest BCUT2D eigenvalue weighted by molar-refractivity contribution is 9.10. The van der Waals surface area contributed by atoms with Crippen molar-refractivity contribution in [3.05, 3.63) is 34.3 Å². The largest absolute Gasteiger partial charge is 0.377 e. The molecule has 0 saturated heterocycles. The molecule has 0 atom stereocenters. The third kappa shape index (κ3) is 4.44. The summed E-state index contributed by atoms with van der Waals surface area (Å²) >= 11 is 3.40. The van der Waals surface area contributed by atoms with E-state index in [1.165, 1.54) is 12.0 Å². The number of halogens is 1. The highest BCUT2D eigenvalue weighted by Crippen LogP contribution is 2.11. The molecule has 0 saturated carbocycles. The molecule has 0 radical (unpaired) electrons. The van der Waals surface area contributed by atoms with Gasteiger partial charge >= 0.3 is 0 Å². The standard InChI is InChI=1S/C11H15BrO/c1-2-3-8-13-9-10-4-6-11(12)7-5-10/h4-7H,2-3,8-9H2,1H3. The van der Waals surface area contributed by atoms with Crippen molar-refractivity contribution < 1.29 is 4.74 Å². The molecule has 0 bridgehead atoms. The molecule has 1 aromatic rings. The number of benzene rings is 1. The maximum absolute atomic E-state index is 5.48. The Morgan fingerprint density at radius 2 is 1.92 bits per heavy atom. The minimum atomic E-state index is 0.729. The third-order valence-electron chi connectivity index (χ3n) is 1.82. The fourth-order valence-corrected chi connectivity index (χ4v) is 1.28. The molecule has 0 spiro atoms. The molecule has 0 unspecified atom stereocenters. The fraction of sp³-hybridized carbons (Fsp3) is 0.455. The molecular formula is C11H15BrO. The van der Waals surface area contributed by atoms with Crippen LogP contribution in [0, 0.1) is 0 Å². The Bertz CT molecular complexity index is 230.